The van der Waals surface area contributed by atoms with E-state index in [2.05, 4.69) is 213 Å². The maximum Gasteiger partial charge on any atom is -0.00195 e. The van der Waals surface area contributed by atoms with E-state index in [1.165, 1.54) is 175 Å². The van der Waals surface area contributed by atoms with Gasteiger partial charge in [-0.2, -0.15) is 0 Å². The highest BCUT2D eigenvalue weighted by atomic mass is 14.3. The van der Waals surface area contributed by atoms with Crippen molar-refractivity contribution in [1.29, 1.82) is 0 Å². The van der Waals surface area contributed by atoms with Gasteiger partial charge in [-0.3, -0.25) is 0 Å². The summed E-state index contributed by atoms with van der Waals surface area (Å²) >= 11 is 0. The molecule has 13 rings (SSSR count). The molecule has 0 aliphatic rings. The number of rotatable bonds is 4. The Morgan fingerprint density at radius 1 is 0.197 bits per heavy atom. The van der Waals surface area contributed by atoms with Crippen LogP contribution in [-0.4, -0.2) is 0 Å². The highest BCUT2D eigenvalue weighted by Crippen LogP contribution is 2.50. The second-order valence-electron chi connectivity index (χ2n) is 19.8. The van der Waals surface area contributed by atoms with Crippen molar-refractivity contribution in [3.05, 3.63) is 202 Å². The fourth-order valence-corrected chi connectivity index (χ4v) is 12.6. The number of hydrogen-bond acceptors (Lipinski definition) is 0. The van der Waals surface area contributed by atoms with Crippen LogP contribution in [0, 0.1) is 55.4 Å². The van der Waals surface area contributed by atoms with Gasteiger partial charge < -0.3 is 0 Å². The molecule has 13 aromatic carbocycles. The number of benzene rings is 11. The molecule has 0 aliphatic heterocycles. The molecule has 0 heterocycles. The van der Waals surface area contributed by atoms with E-state index < -0.39 is 0 Å². The first kappa shape index (κ1) is 38.9. The highest BCUT2D eigenvalue weighted by molar-refractivity contribution is 6.41. The topological polar surface area (TPSA) is 0 Å². The normalized spacial score (nSPS) is 12.2. The maximum absolute atomic E-state index is 2.55. The van der Waals surface area contributed by atoms with Gasteiger partial charge in [0.1, 0.15) is 0 Å². The summed E-state index contributed by atoms with van der Waals surface area (Å²) in [6, 6.07) is 61.6. The predicted molar refractivity (Wildman–Crippen MR) is 289 cm³/mol. The molecular formula is C66H50. The van der Waals surface area contributed by atoms with Gasteiger partial charge in [-0.05, 0) is 257 Å². The molecular weight excluding hydrogens is 793 g/mol. The molecule has 314 valence electrons. The summed E-state index contributed by atoms with van der Waals surface area (Å²) in [7, 11) is 0. The minimum Gasteiger partial charge on any atom is -0.0614 e. The van der Waals surface area contributed by atoms with E-state index in [9.17, 15) is 0 Å². The molecule has 0 saturated carbocycles. The third-order valence-electron chi connectivity index (χ3n) is 15.1. The van der Waals surface area contributed by atoms with Crippen molar-refractivity contribution in [1.82, 2.24) is 0 Å². The SMILES string of the molecule is Cc1cccc(-c2cc3c4ccc5c(cc6c7cc(-c8c(C)cc(C)cc8C)ccc7c7cc(-c8cccc(C)c8)cc5c76)c4cc4c5cc(-c6c(C)cc(C)cc6C)ccc5c(c2)c34)c1. The summed E-state index contributed by atoms with van der Waals surface area (Å²) in [6.45, 7) is 17.9. The van der Waals surface area contributed by atoms with E-state index in [-0.39, 0.29) is 0 Å². The van der Waals surface area contributed by atoms with Gasteiger partial charge in [0, 0.05) is 0 Å². The largest absolute Gasteiger partial charge is 0.0614 e. The number of hydrogen-bond donors (Lipinski definition) is 0. The van der Waals surface area contributed by atoms with Crippen LogP contribution in [0.2, 0.25) is 0 Å². The van der Waals surface area contributed by atoms with E-state index in [4.69, 9.17) is 0 Å². The van der Waals surface area contributed by atoms with Gasteiger partial charge >= 0.3 is 0 Å². The Morgan fingerprint density at radius 3 is 0.848 bits per heavy atom. The zero-order valence-electron chi connectivity index (χ0n) is 39.0. The van der Waals surface area contributed by atoms with Crippen molar-refractivity contribution in [3.63, 3.8) is 0 Å². The first-order valence-corrected chi connectivity index (χ1v) is 23.6. The van der Waals surface area contributed by atoms with Crippen LogP contribution in [-0.2, 0) is 0 Å². The molecule has 0 spiro atoms. The summed E-state index contributed by atoms with van der Waals surface area (Å²) in [6.07, 6.45) is 0. The van der Waals surface area contributed by atoms with Crippen LogP contribution in [0.1, 0.15) is 44.5 Å². The Hall–Kier alpha value is -7.54. The lowest BCUT2D eigenvalue weighted by atomic mass is 9.89. The smallest absolute Gasteiger partial charge is 0.00195 e. The van der Waals surface area contributed by atoms with Crippen molar-refractivity contribution in [3.8, 4) is 44.5 Å². The van der Waals surface area contributed by atoms with Gasteiger partial charge in [0.2, 0.25) is 0 Å². The molecule has 0 saturated heterocycles. The average Bonchev–Trinajstić information content (AvgIpc) is 3.77. The lowest BCUT2D eigenvalue weighted by Crippen LogP contribution is -1.90. The molecule has 0 radical (unpaired) electrons. The molecule has 66 heavy (non-hydrogen) atoms. The highest BCUT2D eigenvalue weighted by Gasteiger charge is 2.22. The zero-order chi connectivity index (χ0) is 44.9. The summed E-state index contributed by atoms with van der Waals surface area (Å²) in [4.78, 5) is 0. The van der Waals surface area contributed by atoms with Crippen LogP contribution in [0.25, 0.3) is 131 Å². The van der Waals surface area contributed by atoms with Gasteiger partial charge in [0.25, 0.3) is 0 Å². The van der Waals surface area contributed by atoms with Crippen LogP contribution >= 0.6 is 0 Å². The Kier molecular flexibility index (Phi) is 8.24. The summed E-state index contributed by atoms with van der Waals surface area (Å²) < 4.78 is 0. The Labute approximate surface area is 386 Å². The van der Waals surface area contributed by atoms with Gasteiger partial charge in [0.15, 0.2) is 0 Å². The van der Waals surface area contributed by atoms with Crippen molar-refractivity contribution in [2.45, 2.75) is 55.4 Å². The summed E-state index contributed by atoms with van der Waals surface area (Å²) in [5, 5.41) is 21.1. The van der Waals surface area contributed by atoms with Crippen molar-refractivity contribution in [2.24, 2.45) is 0 Å². The minimum atomic E-state index is 1.25. The molecule has 0 N–H and O–H groups in total. The first-order valence-electron chi connectivity index (χ1n) is 23.6. The molecule has 13 aromatic rings. The Balaban J connectivity index is 1.19. The van der Waals surface area contributed by atoms with Crippen molar-refractivity contribution >= 4 is 86.2 Å². The van der Waals surface area contributed by atoms with E-state index in [1.807, 2.05) is 0 Å². The van der Waals surface area contributed by atoms with Gasteiger partial charge in [-0.25, -0.2) is 0 Å². The standard InChI is InChI=1S/C66H50/c1-35-11-9-13-43(25-35)47-29-57-49-17-15-45(63-39(5)21-37(3)22-40(63)6)27-53(49)61-33-55-51(59(31-47)65(57)61)19-20-52-56(55)34-62-54-28-46(64-41(7)23-38(4)24-42(64)8)16-18-50(54)58-30-48(32-60(52)66(58)62)44-14-10-12-36(2)26-44/h9-34H,1-8H3. The van der Waals surface area contributed by atoms with Gasteiger partial charge in [0.05, 0.1) is 0 Å². The zero-order valence-corrected chi connectivity index (χ0v) is 39.0. The molecule has 0 amide bonds. The lowest BCUT2D eigenvalue weighted by Gasteiger charge is -2.14. The van der Waals surface area contributed by atoms with E-state index in [1.54, 1.807) is 0 Å². The Morgan fingerprint density at radius 2 is 0.500 bits per heavy atom. The maximum atomic E-state index is 2.55. The lowest BCUT2D eigenvalue weighted by molar-refractivity contribution is 1.32. The molecule has 0 bridgehead atoms. The fourth-order valence-electron chi connectivity index (χ4n) is 12.6. The number of aryl methyl sites for hydroxylation is 8. The molecule has 0 atom stereocenters. The van der Waals surface area contributed by atoms with Crippen molar-refractivity contribution in [2.75, 3.05) is 0 Å². The van der Waals surface area contributed by atoms with E-state index >= 15 is 0 Å². The Bertz CT molecular complexity index is 3910. The summed E-state index contributed by atoms with van der Waals surface area (Å²) in [5.41, 5.74) is 20.7. The predicted octanol–water partition coefficient (Wildman–Crippen LogP) is 18.9. The van der Waals surface area contributed by atoms with Crippen LogP contribution in [0.3, 0.4) is 0 Å². The number of fused-ring (bicyclic) bond motifs is 11. The fraction of sp³-hybridized carbons (Fsp3) is 0.121. The molecule has 0 unspecified atom stereocenters. The van der Waals surface area contributed by atoms with Crippen LogP contribution < -0.4 is 0 Å². The van der Waals surface area contributed by atoms with Crippen molar-refractivity contribution < 1.29 is 0 Å². The van der Waals surface area contributed by atoms with Gasteiger partial charge in [-0.1, -0.05) is 131 Å². The molecule has 0 aliphatic carbocycles. The van der Waals surface area contributed by atoms with Crippen LogP contribution in [0.4, 0.5) is 0 Å². The molecule has 0 heteroatoms. The quantitative estimate of drug-likeness (QED) is 0.155. The first-order chi connectivity index (χ1) is 32.0. The third-order valence-corrected chi connectivity index (χ3v) is 15.1. The van der Waals surface area contributed by atoms with Gasteiger partial charge in [-0.15, -0.1) is 0 Å². The monoisotopic (exact) mass is 842 g/mol. The second kappa shape index (κ2) is 14.0. The third kappa shape index (κ3) is 5.64. The van der Waals surface area contributed by atoms with Crippen LogP contribution in [0.5, 0.6) is 0 Å². The minimum absolute atomic E-state index is 1.25. The van der Waals surface area contributed by atoms with Crippen LogP contribution in [0.15, 0.2) is 158 Å². The average molecular weight is 843 g/mol. The van der Waals surface area contributed by atoms with E-state index in [0.29, 0.717) is 0 Å². The van der Waals surface area contributed by atoms with E-state index in [0.717, 1.165) is 0 Å². The molecule has 0 nitrogen and oxygen atoms in total. The second-order valence-corrected chi connectivity index (χ2v) is 19.8. The molecule has 0 aromatic heterocycles. The summed E-state index contributed by atoms with van der Waals surface area (Å²) in [5.74, 6) is 0. The molecule has 0 fully saturated rings.